The average molecular weight is 443 g/mol. The fourth-order valence-electron chi connectivity index (χ4n) is 2.47. The van der Waals surface area contributed by atoms with Gasteiger partial charge in [-0.05, 0) is 48.9 Å². The van der Waals surface area contributed by atoms with Crippen LogP contribution in [0.1, 0.15) is 29.8 Å². The Kier molecular flexibility index (Phi) is 6.54. The first kappa shape index (κ1) is 20.5. The number of nitrogens with one attached hydrogen (secondary N) is 1. The summed E-state index contributed by atoms with van der Waals surface area (Å²) < 4.78 is 41.4. The van der Waals surface area contributed by atoms with E-state index in [1.165, 1.54) is 6.07 Å². The second kappa shape index (κ2) is 8.28. The fourth-order valence-corrected chi connectivity index (χ4v) is 4.27. The monoisotopic (exact) mass is 442 g/mol. The zero-order valence-electron chi connectivity index (χ0n) is 14.7. The molecular formula is C18H20BrFN2O3S. The number of aryl methyl sites for hydroxylation is 1. The second-order valence-corrected chi connectivity index (χ2v) is 8.41. The molecule has 140 valence electrons. The van der Waals surface area contributed by atoms with Crippen molar-refractivity contribution in [3.63, 3.8) is 0 Å². The Morgan fingerprint density at radius 2 is 1.81 bits per heavy atom. The van der Waals surface area contributed by atoms with E-state index in [4.69, 9.17) is 0 Å². The normalized spacial score (nSPS) is 11.6. The molecule has 5 nitrogen and oxygen atoms in total. The number of hydrogen-bond donors (Lipinski definition) is 1. The van der Waals surface area contributed by atoms with Gasteiger partial charge in [0.2, 0.25) is 10.0 Å². The molecular weight excluding hydrogens is 423 g/mol. The zero-order chi connectivity index (χ0) is 19.5. The number of benzene rings is 2. The molecule has 0 saturated carbocycles. The van der Waals surface area contributed by atoms with Crippen molar-refractivity contribution in [2.75, 3.05) is 18.4 Å². The average Bonchev–Trinajstić information content (AvgIpc) is 2.59. The molecule has 0 unspecified atom stereocenters. The first-order valence-electron chi connectivity index (χ1n) is 8.07. The number of carbonyl (C=O) groups excluding carboxylic acids is 1. The van der Waals surface area contributed by atoms with Gasteiger partial charge < -0.3 is 5.32 Å². The van der Waals surface area contributed by atoms with E-state index >= 15 is 0 Å². The standard InChI is InChI=1S/C18H20BrFN2O3S/c1-4-22(5-2)26(24,25)17-11-13(6-9-16(17)20)18(23)21-14-7-8-15(19)12(3)10-14/h6-11H,4-5H2,1-3H3,(H,21,23). The van der Waals surface area contributed by atoms with E-state index in [-0.39, 0.29) is 18.7 Å². The number of carbonyl (C=O) groups is 1. The van der Waals surface area contributed by atoms with Gasteiger partial charge in [-0.2, -0.15) is 4.31 Å². The van der Waals surface area contributed by atoms with Gasteiger partial charge in [-0.15, -0.1) is 0 Å². The van der Waals surface area contributed by atoms with Crippen molar-refractivity contribution in [3.05, 3.63) is 57.8 Å². The summed E-state index contributed by atoms with van der Waals surface area (Å²) in [6.45, 7) is 5.66. The molecule has 0 aliphatic rings. The predicted octanol–water partition coefficient (Wildman–Crippen LogP) is 4.18. The van der Waals surface area contributed by atoms with Crippen LogP contribution in [-0.2, 0) is 10.0 Å². The summed E-state index contributed by atoms with van der Waals surface area (Å²) in [4.78, 5) is 12.0. The molecule has 1 N–H and O–H groups in total. The van der Waals surface area contributed by atoms with Crippen molar-refractivity contribution >= 4 is 37.5 Å². The Morgan fingerprint density at radius 3 is 2.38 bits per heavy atom. The lowest BCUT2D eigenvalue weighted by Crippen LogP contribution is -2.31. The van der Waals surface area contributed by atoms with E-state index in [1.54, 1.807) is 32.0 Å². The topological polar surface area (TPSA) is 66.5 Å². The maximum Gasteiger partial charge on any atom is 0.255 e. The van der Waals surface area contributed by atoms with Crippen LogP contribution in [0.25, 0.3) is 0 Å². The van der Waals surface area contributed by atoms with Gasteiger partial charge in [-0.1, -0.05) is 29.8 Å². The van der Waals surface area contributed by atoms with E-state index in [9.17, 15) is 17.6 Å². The highest BCUT2D eigenvalue weighted by Crippen LogP contribution is 2.23. The molecule has 0 aliphatic carbocycles. The molecule has 0 atom stereocenters. The second-order valence-electron chi connectivity index (χ2n) is 5.65. The van der Waals surface area contributed by atoms with Gasteiger partial charge in [-0.25, -0.2) is 12.8 Å². The van der Waals surface area contributed by atoms with Crippen molar-refractivity contribution in [2.24, 2.45) is 0 Å². The maximum atomic E-state index is 14.1. The van der Waals surface area contributed by atoms with Crippen LogP contribution >= 0.6 is 15.9 Å². The number of nitrogens with zero attached hydrogens (tertiary/aromatic N) is 1. The van der Waals surface area contributed by atoms with Crippen LogP contribution in [-0.4, -0.2) is 31.7 Å². The van der Waals surface area contributed by atoms with Crippen LogP contribution in [0.3, 0.4) is 0 Å². The number of rotatable bonds is 6. The first-order chi connectivity index (χ1) is 12.2. The number of halogens is 2. The lowest BCUT2D eigenvalue weighted by atomic mass is 10.2. The number of amides is 1. The van der Waals surface area contributed by atoms with Crippen molar-refractivity contribution in [2.45, 2.75) is 25.7 Å². The Morgan fingerprint density at radius 1 is 1.15 bits per heavy atom. The number of sulfonamides is 1. The molecule has 0 saturated heterocycles. The van der Waals surface area contributed by atoms with Crippen LogP contribution in [0.5, 0.6) is 0 Å². The highest BCUT2D eigenvalue weighted by Gasteiger charge is 2.26. The van der Waals surface area contributed by atoms with E-state index in [0.29, 0.717) is 5.69 Å². The van der Waals surface area contributed by atoms with E-state index in [0.717, 1.165) is 26.5 Å². The quantitative estimate of drug-likeness (QED) is 0.729. The van der Waals surface area contributed by atoms with Crippen molar-refractivity contribution in [3.8, 4) is 0 Å². The third-order valence-corrected chi connectivity index (χ3v) is 6.89. The fraction of sp³-hybridized carbons (Fsp3) is 0.278. The minimum Gasteiger partial charge on any atom is -0.322 e. The third-order valence-electron chi connectivity index (χ3n) is 3.93. The van der Waals surface area contributed by atoms with Crippen LogP contribution in [0, 0.1) is 12.7 Å². The molecule has 0 radical (unpaired) electrons. The molecule has 0 spiro atoms. The molecule has 0 fully saturated rings. The maximum absolute atomic E-state index is 14.1. The summed E-state index contributed by atoms with van der Waals surface area (Å²) in [6, 6.07) is 8.62. The Labute approximate surface area is 161 Å². The van der Waals surface area contributed by atoms with Crippen LogP contribution < -0.4 is 5.32 Å². The molecule has 0 bridgehead atoms. The van der Waals surface area contributed by atoms with Gasteiger partial charge in [0.25, 0.3) is 5.91 Å². The highest BCUT2D eigenvalue weighted by atomic mass is 79.9. The molecule has 0 aromatic heterocycles. The minimum atomic E-state index is -4.00. The molecule has 2 aromatic rings. The SMILES string of the molecule is CCN(CC)S(=O)(=O)c1cc(C(=O)Nc2ccc(Br)c(C)c2)ccc1F. The Balaban J connectivity index is 2.36. The van der Waals surface area contributed by atoms with Gasteiger partial charge in [0.1, 0.15) is 10.7 Å². The predicted molar refractivity (Wildman–Crippen MR) is 103 cm³/mol. The number of hydrogen-bond acceptors (Lipinski definition) is 3. The Bertz CT molecular complexity index is 928. The van der Waals surface area contributed by atoms with Crippen LogP contribution in [0.4, 0.5) is 10.1 Å². The van der Waals surface area contributed by atoms with E-state index in [2.05, 4.69) is 21.2 Å². The van der Waals surface area contributed by atoms with Gasteiger partial charge in [0, 0.05) is 28.8 Å². The van der Waals surface area contributed by atoms with Crippen LogP contribution in [0.2, 0.25) is 0 Å². The van der Waals surface area contributed by atoms with Crippen molar-refractivity contribution < 1.29 is 17.6 Å². The van der Waals surface area contributed by atoms with Gasteiger partial charge in [0.05, 0.1) is 0 Å². The summed E-state index contributed by atoms with van der Waals surface area (Å²) in [5, 5.41) is 2.69. The highest BCUT2D eigenvalue weighted by molar-refractivity contribution is 9.10. The summed E-state index contributed by atoms with van der Waals surface area (Å²) in [6.07, 6.45) is 0. The lowest BCUT2D eigenvalue weighted by molar-refractivity contribution is 0.102. The number of anilines is 1. The van der Waals surface area contributed by atoms with Gasteiger partial charge in [-0.3, -0.25) is 4.79 Å². The lowest BCUT2D eigenvalue weighted by Gasteiger charge is -2.19. The Hall–Kier alpha value is -1.77. The molecule has 0 aliphatic heterocycles. The van der Waals surface area contributed by atoms with E-state index < -0.39 is 26.6 Å². The minimum absolute atomic E-state index is 0.0673. The smallest absolute Gasteiger partial charge is 0.255 e. The van der Waals surface area contributed by atoms with Crippen LogP contribution in [0.15, 0.2) is 45.8 Å². The molecule has 26 heavy (non-hydrogen) atoms. The summed E-state index contributed by atoms with van der Waals surface area (Å²) in [5.74, 6) is -1.39. The molecule has 2 rings (SSSR count). The van der Waals surface area contributed by atoms with Gasteiger partial charge >= 0.3 is 0 Å². The first-order valence-corrected chi connectivity index (χ1v) is 10.3. The third kappa shape index (κ3) is 4.31. The molecule has 8 heteroatoms. The van der Waals surface area contributed by atoms with Gasteiger partial charge in [0.15, 0.2) is 0 Å². The molecule has 0 heterocycles. The van der Waals surface area contributed by atoms with Crippen molar-refractivity contribution in [1.82, 2.24) is 4.31 Å². The molecule has 2 aromatic carbocycles. The van der Waals surface area contributed by atoms with E-state index in [1.807, 2.05) is 6.92 Å². The zero-order valence-corrected chi connectivity index (χ0v) is 17.1. The summed E-state index contributed by atoms with van der Waals surface area (Å²) >= 11 is 3.38. The summed E-state index contributed by atoms with van der Waals surface area (Å²) in [7, 11) is -4.00. The largest absolute Gasteiger partial charge is 0.322 e. The van der Waals surface area contributed by atoms with Crippen molar-refractivity contribution in [1.29, 1.82) is 0 Å². The molecule has 1 amide bonds. The summed E-state index contributed by atoms with van der Waals surface area (Å²) in [5.41, 5.74) is 1.57.